The zero-order valence-corrected chi connectivity index (χ0v) is 13.2. The van der Waals surface area contributed by atoms with Gasteiger partial charge in [-0.05, 0) is 56.1 Å². The van der Waals surface area contributed by atoms with Gasteiger partial charge in [0.1, 0.15) is 16.0 Å². The van der Waals surface area contributed by atoms with Gasteiger partial charge in [-0.1, -0.05) is 6.07 Å². The SMILES string of the molecule is COc1cc(NC(=O)c2cccc(Br)n2)ccc1Br. The summed E-state index contributed by atoms with van der Waals surface area (Å²) in [4.78, 5) is 16.1. The smallest absolute Gasteiger partial charge is 0.274 e. The first-order valence-electron chi connectivity index (χ1n) is 5.37. The number of nitrogens with one attached hydrogen (secondary N) is 1. The molecule has 0 saturated carbocycles. The van der Waals surface area contributed by atoms with E-state index in [0.717, 1.165) is 4.47 Å². The van der Waals surface area contributed by atoms with Crippen LogP contribution in [0.5, 0.6) is 5.75 Å². The lowest BCUT2D eigenvalue weighted by Gasteiger charge is -2.08. The topological polar surface area (TPSA) is 51.2 Å². The number of methoxy groups -OCH3 is 1. The van der Waals surface area contributed by atoms with Crippen LogP contribution in [0.25, 0.3) is 0 Å². The molecule has 98 valence electrons. The quantitative estimate of drug-likeness (QED) is 0.816. The molecule has 4 nitrogen and oxygen atoms in total. The second-order valence-corrected chi connectivity index (χ2v) is 5.32. The van der Waals surface area contributed by atoms with Gasteiger partial charge in [0.05, 0.1) is 11.6 Å². The number of hydrogen-bond acceptors (Lipinski definition) is 3. The Labute approximate surface area is 127 Å². The van der Waals surface area contributed by atoms with E-state index >= 15 is 0 Å². The number of aromatic nitrogens is 1. The lowest BCUT2D eigenvalue weighted by Crippen LogP contribution is -2.13. The second-order valence-electron chi connectivity index (χ2n) is 3.65. The van der Waals surface area contributed by atoms with Crippen molar-refractivity contribution in [2.75, 3.05) is 12.4 Å². The van der Waals surface area contributed by atoms with E-state index in [1.54, 1.807) is 37.4 Å². The summed E-state index contributed by atoms with van der Waals surface area (Å²) >= 11 is 6.59. The zero-order chi connectivity index (χ0) is 13.8. The minimum Gasteiger partial charge on any atom is -0.495 e. The minimum absolute atomic E-state index is 0.273. The highest BCUT2D eigenvalue weighted by molar-refractivity contribution is 9.10. The number of anilines is 1. The molecule has 1 aromatic heterocycles. The first-order valence-corrected chi connectivity index (χ1v) is 6.96. The molecule has 0 atom stereocenters. The van der Waals surface area contributed by atoms with Gasteiger partial charge in [0.25, 0.3) is 5.91 Å². The molecule has 0 unspecified atom stereocenters. The van der Waals surface area contributed by atoms with Crippen molar-refractivity contribution in [1.82, 2.24) is 4.98 Å². The Hall–Kier alpha value is -1.40. The summed E-state index contributed by atoms with van der Waals surface area (Å²) < 4.78 is 6.62. The van der Waals surface area contributed by atoms with E-state index < -0.39 is 0 Å². The average molecular weight is 386 g/mol. The number of hydrogen-bond donors (Lipinski definition) is 1. The van der Waals surface area contributed by atoms with Crippen LogP contribution < -0.4 is 10.1 Å². The molecule has 2 aromatic rings. The standard InChI is InChI=1S/C13H10Br2N2O2/c1-19-11-7-8(5-6-9(11)14)16-13(18)10-3-2-4-12(15)17-10/h2-7H,1H3,(H,16,18). The number of ether oxygens (including phenoxy) is 1. The molecule has 0 radical (unpaired) electrons. The zero-order valence-electron chi connectivity index (χ0n) is 9.98. The highest BCUT2D eigenvalue weighted by Gasteiger charge is 2.09. The van der Waals surface area contributed by atoms with Crippen molar-refractivity contribution in [3.63, 3.8) is 0 Å². The summed E-state index contributed by atoms with van der Waals surface area (Å²) in [6.45, 7) is 0. The average Bonchev–Trinajstić information content (AvgIpc) is 2.41. The number of benzene rings is 1. The summed E-state index contributed by atoms with van der Waals surface area (Å²) in [5.41, 5.74) is 0.989. The van der Waals surface area contributed by atoms with Crippen molar-refractivity contribution < 1.29 is 9.53 Å². The van der Waals surface area contributed by atoms with Crippen LogP contribution in [0.3, 0.4) is 0 Å². The fourth-order valence-electron chi connectivity index (χ4n) is 1.47. The van der Waals surface area contributed by atoms with E-state index in [-0.39, 0.29) is 5.91 Å². The minimum atomic E-state index is -0.273. The van der Waals surface area contributed by atoms with Gasteiger partial charge in [-0.2, -0.15) is 0 Å². The summed E-state index contributed by atoms with van der Waals surface area (Å²) in [5.74, 6) is 0.380. The van der Waals surface area contributed by atoms with E-state index in [1.807, 2.05) is 6.07 Å². The van der Waals surface area contributed by atoms with Crippen molar-refractivity contribution in [2.45, 2.75) is 0 Å². The molecular weight excluding hydrogens is 376 g/mol. The van der Waals surface area contributed by atoms with Crippen molar-refractivity contribution in [2.24, 2.45) is 0 Å². The third-order valence-corrected chi connectivity index (χ3v) is 3.45. The maximum Gasteiger partial charge on any atom is 0.274 e. The predicted octanol–water partition coefficient (Wildman–Crippen LogP) is 3.87. The van der Waals surface area contributed by atoms with Gasteiger partial charge < -0.3 is 10.1 Å². The first-order chi connectivity index (χ1) is 9.10. The number of carbonyl (C=O) groups is 1. The van der Waals surface area contributed by atoms with Crippen molar-refractivity contribution in [1.29, 1.82) is 0 Å². The molecule has 1 N–H and O–H groups in total. The normalized spacial score (nSPS) is 10.1. The third-order valence-electron chi connectivity index (χ3n) is 2.36. The molecule has 0 spiro atoms. The monoisotopic (exact) mass is 384 g/mol. The van der Waals surface area contributed by atoms with Gasteiger partial charge in [-0.3, -0.25) is 4.79 Å². The van der Waals surface area contributed by atoms with Crippen LogP contribution in [-0.2, 0) is 0 Å². The van der Waals surface area contributed by atoms with Crippen molar-refractivity contribution >= 4 is 43.5 Å². The summed E-state index contributed by atoms with van der Waals surface area (Å²) in [7, 11) is 1.57. The lowest BCUT2D eigenvalue weighted by molar-refractivity contribution is 0.102. The molecule has 0 aliphatic rings. The van der Waals surface area contributed by atoms with Crippen LogP contribution >= 0.6 is 31.9 Å². The number of carbonyl (C=O) groups excluding carboxylic acids is 1. The van der Waals surface area contributed by atoms with Crippen LogP contribution in [0.15, 0.2) is 45.5 Å². The van der Waals surface area contributed by atoms with E-state index in [1.165, 1.54) is 0 Å². The van der Waals surface area contributed by atoms with Crippen LogP contribution in [0, 0.1) is 0 Å². The number of amides is 1. The van der Waals surface area contributed by atoms with Gasteiger partial charge >= 0.3 is 0 Å². The van der Waals surface area contributed by atoms with Crippen LogP contribution in [0.1, 0.15) is 10.5 Å². The molecule has 1 heterocycles. The molecule has 6 heteroatoms. The highest BCUT2D eigenvalue weighted by Crippen LogP contribution is 2.28. The maximum atomic E-state index is 12.0. The van der Waals surface area contributed by atoms with Crippen LogP contribution in [0.2, 0.25) is 0 Å². The molecule has 1 aromatic carbocycles. The van der Waals surface area contributed by atoms with Gasteiger partial charge in [-0.25, -0.2) is 4.98 Å². The van der Waals surface area contributed by atoms with Crippen LogP contribution in [0.4, 0.5) is 5.69 Å². The van der Waals surface area contributed by atoms with Gasteiger partial charge in [0.15, 0.2) is 0 Å². The summed E-state index contributed by atoms with van der Waals surface area (Å²) in [6.07, 6.45) is 0. The molecule has 19 heavy (non-hydrogen) atoms. The molecule has 0 aliphatic carbocycles. The van der Waals surface area contributed by atoms with Gasteiger partial charge in [0, 0.05) is 11.8 Å². The maximum absolute atomic E-state index is 12.0. The largest absolute Gasteiger partial charge is 0.495 e. The fraction of sp³-hybridized carbons (Fsp3) is 0.0769. The Morgan fingerprint density at radius 3 is 2.74 bits per heavy atom. The molecular formula is C13H10Br2N2O2. The Morgan fingerprint density at radius 2 is 2.05 bits per heavy atom. The predicted molar refractivity (Wildman–Crippen MR) is 80.6 cm³/mol. The Morgan fingerprint density at radius 1 is 1.26 bits per heavy atom. The molecule has 0 fully saturated rings. The van der Waals surface area contributed by atoms with Gasteiger partial charge in [0.2, 0.25) is 0 Å². The Bertz CT molecular complexity index is 617. The summed E-state index contributed by atoms with van der Waals surface area (Å²) in [5, 5.41) is 2.76. The third kappa shape index (κ3) is 3.54. The molecule has 0 saturated heterocycles. The number of halogens is 2. The first kappa shape index (κ1) is 14.0. The number of pyridine rings is 1. The molecule has 0 aliphatic heterocycles. The Kier molecular flexibility index (Phi) is 4.55. The highest BCUT2D eigenvalue weighted by atomic mass is 79.9. The molecule has 0 bridgehead atoms. The van der Waals surface area contributed by atoms with E-state index in [2.05, 4.69) is 42.2 Å². The fourth-order valence-corrected chi connectivity index (χ4v) is 2.22. The second kappa shape index (κ2) is 6.16. The number of rotatable bonds is 3. The van der Waals surface area contributed by atoms with E-state index in [9.17, 15) is 4.79 Å². The lowest BCUT2D eigenvalue weighted by atomic mass is 10.2. The molecule has 2 rings (SSSR count). The number of nitrogens with zero attached hydrogens (tertiary/aromatic N) is 1. The van der Waals surface area contributed by atoms with Crippen molar-refractivity contribution in [3.05, 3.63) is 51.2 Å². The van der Waals surface area contributed by atoms with Crippen molar-refractivity contribution in [3.8, 4) is 5.75 Å². The Balaban J connectivity index is 2.19. The van der Waals surface area contributed by atoms with Gasteiger partial charge in [-0.15, -0.1) is 0 Å². The molecule has 1 amide bonds. The van der Waals surface area contributed by atoms with Crippen LogP contribution in [-0.4, -0.2) is 18.0 Å². The van der Waals surface area contributed by atoms with E-state index in [4.69, 9.17) is 4.74 Å². The van der Waals surface area contributed by atoms with E-state index in [0.29, 0.717) is 21.7 Å². The summed E-state index contributed by atoms with van der Waals surface area (Å²) in [6, 6.07) is 10.5.